The van der Waals surface area contributed by atoms with E-state index >= 15 is 0 Å². The molecule has 0 radical (unpaired) electrons. The highest BCUT2D eigenvalue weighted by atomic mass is 16.5. The Morgan fingerprint density at radius 2 is 2.23 bits per heavy atom. The van der Waals surface area contributed by atoms with Crippen LogP contribution in [0.4, 0.5) is 0 Å². The van der Waals surface area contributed by atoms with Gasteiger partial charge in [0, 0.05) is 6.08 Å². The number of ether oxygens (including phenoxy) is 1. The largest absolute Gasteiger partial charge is 0.454 e. The summed E-state index contributed by atoms with van der Waals surface area (Å²) in [4.78, 5) is 11.1. The third kappa shape index (κ3) is 1.28. The minimum atomic E-state index is -0.151. The minimum Gasteiger partial charge on any atom is -0.454 e. The van der Waals surface area contributed by atoms with Gasteiger partial charge < -0.3 is 4.74 Å². The molecule has 0 amide bonds. The van der Waals surface area contributed by atoms with Crippen LogP contribution in [-0.4, -0.2) is 12.1 Å². The highest BCUT2D eigenvalue weighted by Crippen LogP contribution is 2.46. The van der Waals surface area contributed by atoms with Crippen molar-refractivity contribution < 1.29 is 9.53 Å². The van der Waals surface area contributed by atoms with Gasteiger partial charge in [0.05, 0.1) is 0 Å². The molecule has 2 unspecified atom stereocenters. The van der Waals surface area contributed by atoms with Crippen molar-refractivity contribution in [3.05, 3.63) is 11.6 Å². The van der Waals surface area contributed by atoms with Crippen molar-refractivity contribution in [3.63, 3.8) is 0 Å². The first-order chi connectivity index (χ1) is 6.00. The molecular formula is C11H16O2. The molecule has 2 atom stereocenters. The number of rotatable bonds is 0. The molecule has 2 heteroatoms. The first-order valence-corrected chi connectivity index (χ1v) is 4.93. The highest BCUT2D eigenvalue weighted by molar-refractivity contribution is 5.86. The second-order valence-corrected chi connectivity index (χ2v) is 4.86. The molecule has 1 saturated carbocycles. The van der Waals surface area contributed by atoms with Crippen LogP contribution in [0.3, 0.4) is 0 Å². The average molecular weight is 180 g/mol. The van der Waals surface area contributed by atoms with Gasteiger partial charge in [0.25, 0.3) is 0 Å². The monoisotopic (exact) mass is 180 g/mol. The van der Waals surface area contributed by atoms with Crippen LogP contribution in [0.25, 0.3) is 0 Å². The third-order valence-electron chi connectivity index (χ3n) is 3.35. The van der Waals surface area contributed by atoms with Gasteiger partial charge in [-0.05, 0) is 29.7 Å². The fourth-order valence-corrected chi connectivity index (χ4v) is 2.32. The minimum absolute atomic E-state index is 0.0660. The molecular weight excluding hydrogens is 164 g/mol. The van der Waals surface area contributed by atoms with Gasteiger partial charge in [-0.15, -0.1) is 0 Å². The average Bonchev–Trinajstić information content (AvgIpc) is 2.42. The van der Waals surface area contributed by atoms with Gasteiger partial charge in [-0.2, -0.15) is 0 Å². The van der Waals surface area contributed by atoms with Crippen LogP contribution < -0.4 is 0 Å². The van der Waals surface area contributed by atoms with E-state index in [1.165, 1.54) is 5.57 Å². The van der Waals surface area contributed by atoms with E-state index in [9.17, 15) is 4.79 Å². The Kier molecular flexibility index (Phi) is 1.76. The quantitative estimate of drug-likeness (QED) is 0.535. The summed E-state index contributed by atoms with van der Waals surface area (Å²) >= 11 is 0. The normalized spacial score (nSPS) is 36.5. The van der Waals surface area contributed by atoms with Crippen molar-refractivity contribution in [1.29, 1.82) is 0 Å². The van der Waals surface area contributed by atoms with E-state index in [2.05, 4.69) is 20.8 Å². The summed E-state index contributed by atoms with van der Waals surface area (Å²) in [6.07, 6.45) is 4.08. The Morgan fingerprint density at radius 1 is 1.54 bits per heavy atom. The zero-order chi connectivity index (χ0) is 9.64. The van der Waals surface area contributed by atoms with Crippen LogP contribution in [0.5, 0.6) is 0 Å². The zero-order valence-corrected chi connectivity index (χ0v) is 8.46. The van der Waals surface area contributed by atoms with Crippen LogP contribution in [0.2, 0.25) is 0 Å². The second kappa shape index (κ2) is 2.60. The van der Waals surface area contributed by atoms with E-state index in [1.54, 1.807) is 6.08 Å². The molecule has 1 heterocycles. The molecule has 2 nitrogen and oxygen atoms in total. The molecule has 13 heavy (non-hydrogen) atoms. The molecule has 0 spiro atoms. The number of hydrogen-bond donors (Lipinski definition) is 0. The number of carbonyl (C=O) groups excluding carboxylic acids is 1. The summed E-state index contributed by atoms with van der Waals surface area (Å²) in [5.41, 5.74) is 1.36. The van der Waals surface area contributed by atoms with Crippen LogP contribution in [0.15, 0.2) is 11.6 Å². The summed E-state index contributed by atoms with van der Waals surface area (Å²) in [5.74, 6) is 0.340. The predicted octanol–water partition coefficient (Wildman–Crippen LogP) is 2.29. The molecule has 1 aliphatic carbocycles. The first-order valence-electron chi connectivity index (χ1n) is 4.93. The lowest BCUT2D eigenvalue weighted by molar-refractivity contribution is -0.141. The smallest absolute Gasteiger partial charge is 0.331 e. The molecule has 0 aromatic rings. The Labute approximate surface area is 79.0 Å². The highest BCUT2D eigenvalue weighted by Gasteiger charge is 2.43. The molecule has 0 bridgehead atoms. The Morgan fingerprint density at radius 3 is 2.85 bits per heavy atom. The summed E-state index contributed by atoms with van der Waals surface area (Å²) in [6, 6.07) is 0. The lowest BCUT2D eigenvalue weighted by Gasteiger charge is -2.38. The molecule has 2 aliphatic rings. The van der Waals surface area contributed by atoms with Crippen molar-refractivity contribution in [1.82, 2.24) is 0 Å². The van der Waals surface area contributed by atoms with Gasteiger partial charge in [0.2, 0.25) is 0 Å². The Hall–Kier alpha value is -0.790. The maximum absolute atomic E-state index is 11.1. The van der Waals surface area contributed by atoms with Crippen LogP contribution >= 0.6 is 0 Å². The van der Waals surface area contributed by atoms with Gasteiger partial charge in [0.1, 0.15) is 6.10 Å². The SMILES string of the molecule is CC1CCC(C)(C)C2=CC(=O)OC21. The van der Waals surface area contributed by atoms with Crippen molar-refractivity contribution in [2.75, 3.05) is 0 Å². The molecule has 1 fully saturated rings. The number of fused-ring (bicyclic) bond motifs is 1. The topological polar surface area (TPSA) is 26.3 Å². The zero-order valence-electron chi connectivity index (χ0n) is 8.46. The van der Waals surface area contributed by atoms with Crippen molar-refractivity contribution >= 4 is 5.97 Å². The van der Waals surface area contributed by atoms with E-state index in [4.69, 9.17) is 4.74 Å². The van der Waals surface area contributed by atoms with Crippen LogP contribution in [0, 0.1) is 11.3 Å². The van der Waals surface area contributed by atoms with E-state index in [0.29, 0.717) is 5.92 Å². The molecule has 0 N–H and O–H groups in total. The van der Waals surface area contributed by atoms with Crippen molar-refractivity contribution in [2.45, 2.75) is 39.7 Å². The number of hydrogen-bond acceptors (Lipinski definition) is 2. The van der Waals surface area contributed by atoms with E-state index < -0.39 is 0 Å². The third-order valence-corrected chi connectivity index (χ3v) is 3.35. The van der Waals surface area contributed by atoms with Crippen molar-refractivity contribution in [3.8, 4) is 0 Å². The fraction of sp³-hybridized carbons (Fsp3) is 0.727. The maximum atomic E-state index is 11.1. The van der Waals surface area contributed by atoms with Gasteiger partial charge in [-0.3, -0.25) is 0 Å². The number of esters is 1. The maximum Gasteiger partial charge on any atom is 0.331 e. The first kappa shape index (κ1) is 8.79. The lowest BCUT2D eigenvalue weighted by Crippen LogP contribution is -2.34. The summed E-state index contributed by atoms with van der Waals surface area (Å²) < 4.78 is 5.28. The number of carbonyl (C=O) groups is 1. The molecule has 0 aromatic carbocycles. The van der Waals surface area contributed by atoms with E-state index in [0.717, 1.165) is 12.8 Å². The molecule has 72 valence electrons. The Bertz CT molecular complexity index is 276. The predicted molar refractivity (Wildman–Crippen MR) is 50.1 cm³/mol. The van der Waals surface area contributed by atoms with Gasteiger partial charge >= 0.3 is 5.97 Å². The summed E-state index contributed by atoms with van der Waals surface area (Å²) in [6.45, 7) is 6.55. The molecule has 0 aromatic heterocycles. The summed E-state index contributed by atoms with van der Waals surface area (Å²) in [5, 5.41) is 0. The second-order valence-electron chi connectivity index (χ2n) is 4.86. The molecule has 1 aliphatic heterocycles. The van der Waals surface area contributed by atoms with Gasteiger partial charge in [-0.1, -0.05) is 20.8 Å². The van der Waals surface area contributed by atoms with Gasteiger partial charge in [0.15, 0.2) is 0 Å². The molecule has 2 rings (SSSR count). The standard InChI is InChI=1S/C11H16O2/c1-7-4-5-11(2,3)8-6-9(12)13-10(7)8/h6-7,10H,4-5H2,1-3H3. The van der Waals surface area contributed by atoms with Gasteiger partial charge in [-0.25, -0.2) is 4.79 Å². The Balaban J connectivity index is 2.34. The summed E-state index contributed by atoms with van der Waals surface area (Å²) in [7, 11) is 0. The fourth-order valence-electron chi connectivity index (χ4n) is 2.32. The van der Waals surface area contributed by atoms with E-state index in [-0.39, 0.29) is 17.5 Å². The van der Waals surface area contributed by atoms with Crippen LogP contribution in [0.1, 0.15) is 33.6 Å². The molecule has 0 saturated heterocycles. The van der Waals surface area contributed by atoms with Crippen molar-refractivity contribution in [2.24, 2.45) is 11.3 Å². The van der Waals surface area contributed by atoms with Crippen LogP contribution in [-0.2, 0) is 9.53 Å². The van der Waals surface area contributed by atoms with E-state index in [1.807, 2.05) is 0 Å². The lowest BCUT2D eigenvalue weighted by atomic mass is 9.68.